The molecule has 0 spiro atoms. The zero-order chi connectivity index (χ0) is 23.9. The Balaban J connectivity index is 1.38. The number of nitrogens with zero attached hydrogens (tertiary/aromatic N) is 3. The van der Waals surface area contributed by atoms with Gasteiger partial charge in [0.05, 0.1) is 18.6 Å². The molecule has 2 heterocycles. The van der Waals surface area contributed by atoms with Gasteiger partial charge in [0.25, 0.3) is 5.56 Å². The smallest absolute Gasteiger partial charge is 0.279 e. The molecule has 0 aliphatic rings. The second-order valence-electron chi connectivity index (χ2n) is 7.49. The molecule has 4 rings (SSSR count). The topological polar surface area (TPSA) is 95.3 Å². The lowest BCUT2D eigenvalue weighted by atomic mass is 10.1. The zero-order valence-corrected chi connectivity index (χ0v) is 19.9. The van der Waals surface area contributed by atoms with Gasteiger partial charge in [-0.1, -0.05) is 41.6 Å². The van der Waals surface area contributed by atoms with Gasteiger partial charge in [-0.05, 0) is 49.6 Å². The zero-order valence-electron chi connectivity index (χ0n) is 19.1. The van der Waals surface area contributed by atoms with Crippen LogP contribution in [0, 0.1) is 0 Å². The lowest BCUT2D eigenvalue weighted by molar-refractivity contribution is -0.121. The number of ether oxygens (including phenoxy) is 2. The van der Waals surface area contributed by atoms with E-state index in [1.807, 2.05) is 68.4 Å². The quantitative estimate of drug-likeness (QED) is 0.374. The molecule has 34 heavy (non-hydrogen) atoms. The molecule has 0 saturated carbocycles. The van der Waals surface area contributed by atoms with Crippen molar-refractivity contribution in [3.8, 4) is 21.9 Å². The molecule has 9 heteroatoms. The Bertz CT molecular complexity index is 1330. The van der Waals surface area contributed by atoms with E-state index in [9.17, 15) is 9.59 Å². The molecule has 8 nitrogen and oxygen atoms in total. The van der Waals surface area contributed by atoms with Crippen LogP contribution < -0.4 is 20.3 Å². The molecule has 0 aliphatic heterocycles. The summed E-state index contributed by atoms with van der Waals surface area (Å²) in [7, 11) is 0. The van der Waals surface area contributed by atoms with Crippen molar-refractivity contribution in [1.29, 1.82) is 0 Å². The van der Waals surface area contributed by atoms with Crippen LogP contribution in [0.1, 0.15) is 19.4 Å². The second kappa shape index (κ2) is 10.9. The summed E-state index contributed by atoms with van der Waals surface area (Å²) in [4.78, 5) is 26.8. The predicted molar refractivity (Wildman–Crippen MR) is 133 cm³/mol. The van der Waals surface area contributed by atoms with Gasteiger partial charge >= 0.3 is 0 Å². The number of carbonyl (C=O) groups is 1. The minimum absolute atomic E-state index is 0.189. The summed E-state index contributed by atoms with van der Waals surface area (Å²) in [5.41, 5.74) is 1.69. The Morgan fingerprint density at radius 3 is 2.56 bits per heavy atom. The van der Waals surface area contributed by atoms with Crippen LogP contribution in [0.4, 0.5) is 0 Å². The molecule has 176 valence electrons. The number of carbonyl (C=O) groups excluding carboxylic acids is 1. The molecule has 1 amide bonds. The molecular weight excluding hydrogens is 452 g/mol. The maximum atomic E-state index is 12.8. The fraction of sp³-hybridized carbons (Fsp3) is 0.280. The van der Waals surface area contributed by atoms with E-state index in [0.717, 1.165) is 20.7 Å². The number of nitrogens with one attached hydrogen (secondary N) is 1. The molecule has 4 aromatic rings. The molecule has 0 saturated heterocycles. The first kappa shape index (κ1) is 23.4. The number of amides is 1. The van der Waals surface area contributed by atoms with Crippen molar-refractivity contribution in [2.45, 2.75) is 26.8 Å². The van der Waals surface area contributed by atoms with Crippen molar-refractivity contribution >= 4 is 27.5 Å². The molecule has 0 bridgehead atoms. The molecule has 0 radical (unpaired) electrons. The SMILES string of the molecule is CCOc1ccc(CCNC(=O)Cn2nnc3sc(-c4ccccc4)cc3c2=O)cc1OCC. The van der Waals surface area contributed by atoms with Crippen LogP contribution in [0.15, 0.2) is 59.4 Å². The van der Waals surface area contributed by atoms with Crippen LogP contribution >= 0.6 is 11.3 Å². The maximum absolute atomic E-state index is 12.8. The van der Waals surface area contributed by atoms with Gasteiger partial charge in [0.2, 0.25) is 5.91 Å². The van der Waals surface area contributed by atoms with E-state index in [4.69, 9.17) is 9.47 Å². The molecule has 0 fully saturated rings. The lowest BCUT2D eigenvalue weighted by Gasteiger charge is -2.12. The number of thiophene rings is 1. The summed E-state index contributed by atoms with van der Waals surface area (Å²) in [5, 5.41) is 11.4. The van der Waals surface area contributed by atoms with Gasteiger partial charge in [-0.15, -0.1) is 16.4 Å². The van der Waals surface area contributed by atoms with E-state index in [1.54, 1.807) is 0 Å². The molecule has 2 aromatic carbocycles. The lowest BCUT2D eigenvalue weighted by Crippen LogP contribution is -2.34. The summed E-state index contributed by atoms with van der Waals surface area (Å²) in [5.74, 6) is 1.09. The Morgan fingerprint density at radius 2 is 1.79 bits per heavy atom. The van der Waals surface area contributed by atoms with Crippen molar-refractivity contribution in [2.75, 3.05) is 19.8 Å². The number of hydrogen-bond acceptors (Lipinski definition) is 7. The molecule has 2 aromatic heterocycles. The van der Waals surface area contributed by atoms with Crippen LogP contribution in [0.25, 0.3) is 20.7 Å². The summed E-state index contributed by atoms with van der Waals surface area (Å²) in [6, 6.07) is 17.3. The largest absolute Gasteiger partial charge is 0.490 e. The first-order valence-electron chi connectivity index (χ1n) is 11.2. The Hall–Kier alpha value is -3.72. The maximum Gasteiger partial charge on any atom is 0.279 e. The number of hydrogen-bond donors (Lipinski definition) is 1. The van der Waals surface area contributed by atoms with Gasteiger partial charge in [-0.3, -0.25) is 9.59 Å². The highest BCUT2D eigenvalue weighted by molar-refractivity contribution is 7.21. The van der Waals surface area contributed by atoms with Crippen LogP contribution in [0.3, 0.4) is 0 Å². The highest BCUT2D eigenvalue weighted by atomic mass is 32.1. The molecule has 0 aliphatic carbocycles. The van der Waals surface area contributed by atoms with Gasteiger partial charge in [0.1, 0.15) is 6.54 Å². The number of benzene rings is 2. The van der Waals surface area contributed by atoms with Crippen LogP contribution in [0.2, 0.25) is 0 Å². The Morgan fingerprint density at radius 1 is 1.03 bits per heavy atom. The third-order valence-corrected chi connectivity index (χ3v) is 6.18. The Labute approximate surface area is 201 Å². The molecule has 0 atom stereocenters. The van der Waals surface area contributed by atoms with Crippen molar-refractivity contribution < 1.29 is 14.3 Å². The van der Waals surface area contributed by atoms with Crippen molar-refractivity contribution in [1.82, 2.24) is 20.3 Å². The summed E-state index contributed by atoms with van der Waals surface area (Å²) >= 11 is 1.41. The highest BCUT2D eigenvalue weighted by Gasteiger charge is 2.14. The van der Waals surface area contributed by atoms with Gasteiger partial charge < -0.3 is 14.8 Å². The average molecular weight is 479 g/mol. The van der Waals surface area contributed by atoms with Gasteiger partial charge in [0.15, 0.2) is 16.3 Å². The van der Waals surface area contributed by atoms with E-state index >= 15 is 0 Å². The minimum atomic E-state index is -0.327. The number of aromatic nitrogens is 3. The van der Waals surface area contributed by atoms with E-state index in [-0.39, 0.29) is 18.0 Å². The van der Waals surface area contributed by atoms with E-state index in [1.165, 1.54) is 11.3 Å². The first-order valence-corrected chi connectivity index (χ1v) is 12.0. The van der Waals surface area contributed by atoms with Crippen molar-refractivity contribution in [3.63, 3.8) is 0 Å². The average Bonchev–Trinajstić information content (AvgIpc) is 3.29. The van der Waals surface area contributed by atoms with Crippen LogP contribution in [-0.2, 0) is 17.8 Å². The van der Waals surface area contributed by atoms with Crippen molar-refractivity contribution in [2.24, 2.45) is 0 Å². The van der Waals surface area contributed by atoms with E-state index in [2.05, 4.69) is 15.6 Å². The number of rotatable bonds is 10. The first-order chi connectivity index (χ1) is 16.6. The highest BCUT2D eigenvalue weighted by Crippen LogP contribution is 2.30. The van der Waals surface area contributed by atoms with Gasteiger partial charge in [-0.2, -0.15) is 0 Å². The van der Waals surface area contributed by atoms with E-state index in [0.29, 0.717) is 47.9 Å². The normalized spacial score (nSPS) is 10.9. The molecular formula is C25H26N4O4S. The van der Waals surface area contributed by atoms with Crippen LogP contribution in [-0.4, -0.2) is 40.7 Å². The molecule has 1 N–H and O–H groups in total. The van der Waals surface area contributed by atoms with E-state index < -0.39 is 0 Å². The third-order valence-electron chi connectivity index (χ3n) is 5.12. The fourth-order valence-electron chi connectivity index (χ4n) is 3.52. The summed E-state index contributed by atoms with van der Waals surface area (Å²) in [6.07, 6.45) is 0.614. The monoisotopic (exact) mass is 478 g/mol. The van der Waals surface area contributed by atoms with Crippen molar-refractivity contribution in [3.05, 3.63) is 70.5 Å². The summed E-state index contributed by atoms with van der Waals surface area (Å²) < 4.78 is 12.3. The van der Waals surface area contributed by atoms with Gasteiger partial charge in [0, 0.05) is 11.4 Å². The minimum Gasteiger partial charge on any atom is -0.490 e. The third kappa shape index (κ3) is 5.43. The second-order valence-corrected chi connectivity index (χ2v) is 8.53. The fourth-order valence-corrected chi connectivity index (χ4v) is 4.49. The Kier molecular flexibility index (Phi) is 7.54. The molecule has 0 unspecified atom stereocenters. The summed E-state index contributed by atoms with van der Waals surface area (Å²) in [6.45, 7) is 5.17. The standard InChI is InChI=1S/C25H26N4O4S/c1-3-32-20-11-10-17(14-21(20)33-4-2)12-13-26-23(30)16-29-25(31)19-15-22(34-24(19)27-28-29)18-8-6-5-7-9-18/h5-11,14-15H,3-4,12-13,16H2,1-2H3,(H,26,30). The van der Waals surface area contributed by atoms with Crippen LogP contribution in [0.5, 0.6) is 11.5 Å². The van der Waals surface area contributed by atoms with Gasteiger partial charge in [-0.25, -0.2) is 4.68 Å². The predicted octanol–water partition coefficient (Wildman–Crippen LogP) is 3.68. The number of fused-ring (bicyclic) bond motifs is 1.